The fourth-order valence-electron chi connectivity index (χ4n) is 4.85. The third kappa shape index (κ3) is 5.98. The molecule has 2 aliphatic rings. The number of benzene rings is 2. The molecule has 5 atom stereocenters. The first-order valence-corrected chi connectivity index (χ1v) is 12.1. The maximum Gasteiger partial charge on any atom is 0.416 e. The van der Waals surface area contributed by atoms with Gasteiger partial charge in [-0.25, -0.2) is 0 Å². The van der Waals surface area contributed by atoms with Gasteiger partial charge in [-0.15, -0.1) is 0 Å². The summed E-state index contributed by atoms with van der Waals surface area (Å²) in [5.74, 6) is -0.370. The van der Waals surface area contributed by atoms with E-state index in [1.54, 1.807) is 6.92 Å². The zero-order valence-corrected chi connectivity index (χ0v) is 20.5. The molecule has 2 aromatic carbocycles. The number of esters is 1. The minimum Gasteiger partial charge on any atom is -0.459 e. The van der Waals surface area contributed by atoms with Gasteiger partial charge in [0.2, 0.25) is 0 Å². The summed E-state index contributed by atoms with van der Waals surface area (Å²) in [7, 11) is 0. The number of ether oxygens (including phenoxy) is 2. The molecule has 8 heteroatoms. The van der Waals surface area contributed by atoms with Crippen LogP contribution in [0.2, 0.25) is 0 Å². The SMILES string of the molecule is CC(NC[C@H]1CC[C@@H]2[C@H](O1)c1cc(C(F)(F)F)ccc1N[C@H]2c1ccccc1)C(=O)OC(C)(C)C. The van der Waals surface area contributed by atoms with E-state index in [-0.39, 0.29) is 24.0 Å². The van der Waals surface area contributed by atoms with Gasteiger partial charge >= 0.3 is 12.1 Å². The van der Waals surface area contributed by atoms with Gasteiger partial charge in [-0.2, -0.15) is 13.2 Å². The highest BCUT2D eigenvalue weighted by molar-refractivity contribution is 5.75. The zero-order chi connectivity index (χ0) is 25.4. The van der Waals surface area contributed by atoms with Gasteiger partial charge in [0.15, 0.2) is 0 Å². The number of hydrogen-bond acceptors (Lipinski definition) is 5. The molecular weight excluding hydrogens is 457 g/mol. The molecule has 0 radical (unpaired) electrons. The predicted molar refractivity (Wildman–Crippen MR) is 128 cm³/mol. The van der Waals surface area contributed by atoms with Crippen LogP contribution < -0.4 is 10.6 Å². The molecule has 2 heterocycles. The lowest BCUT2D eigenvalue weighted by Gasteiger charge is -2.46. The van der Waals surface area contributed by atoms with Gasteiger partial charge in [0, 0.05) is 23.7 Å². The molecule has 0 bridgehead atoms. The lowest BCUT2D eigenvalue weighted by molar-refractivity contribution is -0.157. The standard InChI is InChI=1S/C27H33F3N2O3/c1-16(25(33)35-26(2,3)4)31-15-19-11-12-20-23(17-8-6-5-7-9-17)32-22-13-10-18(27(28,29)30)14-21(22)24(20)34-19/h5-10,13-14,16,19-20,23-24,31-32H,11-12,15H2,1-4H3/t16?,19-,20+,23+,24+/m1/s1. The van der Waals surface area contributed by atoms with Crippen molar-refractivity contribution in [2.24, 2.45) is 5.92 Å². The molecule has 0 amide bonds. The molecule has 35 heavy (non-hydrogen) atoms. The van der Waals surface area contributed by atoms with Crippen molar-refractivity contribution < 1.29 is 27.4 Å². The normalized spacial score (nSPS) is 25.1. The maximum absolute atomic E-state index is 13.5. The number of rotatable bonds is 5. The molecule has 0 aromatic heterocycles. The van der Waals surface area contributed by atoms with E-state index in [1.165, 1.54) is 12.1 Å². The molecule has 190 valence electrons. The Morgan fingerprint density at radius 1 is 1.14 bits per heavy atom. The average Bonchev–Trinajstić information content (AvgIpc) is 2.80. The lowest BCUT2D eigenvalue weighted by atomic mass is 9.76. The van der Waals surface area contributed by atoms with Crippen LogP contribution in [0.25, 0.3) is 0 Å². The molecule has 1 fully saturated rings. The van der Waals surface area contributed by atoms with Crippen LogP contribution in [-0.2, 0) is 20.4 Å². The Bertz CT molecular complexity index is 1040. The van der Waals surface area contributed by atoms with Crippen molar-refractivity contribution in [2.45, 2.75) is 76.6 Å². The molecule has 0 aliphatic carbocycles. The molecule has 2 aromatic rings. The molecule has 0 spiro atoms. The first-order chi connectivity index (χ1) is 16.4. The minimum absolute atomic E-state index is 0.0205. The Morgan fingerprint density at radius 2 is 1.86 bits per heavy atom. The van der Waals surface area contributed by atoms with E-state index in [0.29, 0.717) is 17.8 Å². The van der Waals surface area contributed by atoms with Crippen molar-refractivity contribution in [3.63, 3.8) is 0 Å². The third-order valence-corrected chi connectivity index (χ3v) is 6.55. The number of halogens is 3. The van der Waals surface area contributed by atoms with Gasteiger partial charge in [-0.05, 0) is 64.3 Å². The van der Waals surface area contributed by atoms with E-state index in [2.05, 4.69) is 10.6 Å². The summed E-state index contributed by atoms with van der Waals surface area (Å²) in [6.07, 6.45) is -3.65. The summed E-state index contributed by atoms with van der Waals surface area (Å²) in [6, 6.07) is 13.1. The lowest BCUT2D eigenvalue weighted by Crippen LogP contribution is -2.46. The first kappa shape index (κ1) is 25.5. The number of anilines is 1. The monoisotopic (exact) mass is 490 g/mol. The Labute approximate surface area is 204 Å². The van der Waals surface area contributed by atoms with Gasteiger partial charge < -0.3 is 20.1 Å². The third-order valence-electron chi connectivity index (χ3n) is 6.55. The van der Waals surface area contributed by atoms with Crippen molar-refractivity contribution >= 4 is 11.7 Å². The van der Waals surface area contributed by atoms with Crippen LogP contribution in [0.15, 0.2) is 48.5 Å². The van der Waals surface area contributed by atoms with Crippen molar-refractivity contribution in [3.05, 3.63) is 65.2 Å². The second kappa shape index (κ2) is 9.82. The van der Waals surface area contributed by atoms with E-state index < -0.39 is 29.5 Å². The number of alkyl halides is 3. The fraction of sp³-hybridized carbons (Fsp3) is 0.519. The number of carbonyl (C=O) groups excluding carboxylic acids is 1. The van der Waals surface area contributed by atoms with Crippen LogP contribution in [0.5, 0.6) is 0 Å². The Morgan fingerprint density at radius 3 is 2.51 bits per heavy atom. The quantitative estimate of drug-likeness (QED) is 0.502. The van der Waals surface area contributed by atoms with Gasteiger partial charge in [0.05, 0.1) is 23.8 Å². The van der Waals surface area contributed by atoms with Crippen LogP contribution in [0.4, 0.5) is 18.9 Å². The summed E-state index contributed by atoms with van der Waals surface area (Å²) < 4.78 is 52.3. The summed E-state index contributed by atoms with van der Waals surface area (Å²) in [6.45, 7) is 7.58. The maximum atomic E-state index is 13.5. The van der Waals surface area contributed by atoms with Gasteiger partial charge in [0.25, 0.3) is 0 Å². The Hall–Kier alpha value is -2.58. The number of carbonyl (C=O) groups is 1. The highest BCUT2D eigenvalue weighted by Crippen LogP contribution is 2.51. The van der Waals surface area contributed by atoms with Crippen LogP contribution in [0, 0.1) is 5.92 Å². The van der Waals surface area contributed by atoms with Gasteiger partial charge in [-0.1, -0.05) is 30.3 Å². The van der Waals surface area contributed by atoms with Crippen molar-refractivity contribution in [3.8, 4) is 0 Å². The molecule has 1 unspecified atom stereocenters. The smallest absolute Gasteiger partial charge is 0.416 e. The van der Waals surface area contributed by atoms with E-state index in [0.717, 1.165) is 24.5 Å². The summed E-state index contributed by atoms with van der Waals surface area (Å²) in [5, 5.41) is 6.65. The van der Waals surface area contributed by atoms with Crippen molar-refractivity contribution in [1.82, 2.24) is 5.32 Å². The predicted octanol–water partition coefficient (Wildman–Crippen LogP) is 6.03. The number of hydrogen-bond donors (Lipinski definition) is 2. The average molecular weight is 491 g/mol. The molecule has 2 N–H and O–H groups in total. The Kier molecular flexibility index (Phi) is 7.16. The largest absolute Gasteiger partial charge is 0.459 e. The van der Waals surface area contributed by atoms with Crippen LogP contribution >= 0.6 is 0 Å². The fourth-order valence-corrected chi connectivity index (χ4v) is 4.85. The summed E-state index contributed by atoms with van der Waals surface area (Å²) in [4.78, 5) is 12.3. The molecule has 0 saturated carbocycles. The highest BCUT2D eigenvalue weighted by atomic mass is 19.4. The van der Waals surface area contributed by atoms with E-state index in [9.17, 15) is 18.0 Å². The zero-order valence-electron chi connectivity index (χ0n) is 20.5. The van der Waals surface area contributed by atoms with E-state index in [4.69, 9.17) is 9.47 Å². The summed E-state index contributed by atoms with van der Waals surface area (Å²) >= 11 is 0. The molecule has 1 saturated heterocycles. The second-order valence-electron chi connectivity index (χ2n) is 10.4. The molecule has 5 nitrogen and oxygen atoms in total. The van der Waals surface area contributed by atoms with Crippen LogP contribution in [-0.4, -0.2) is 30.3 Å². The summed E-state index contributed by atoms with van der Waals surface area (Å²) in [5.41, 5.74) is 0.998. The molecule has 2 aliphatic heterocycles. The number of fused-ring (bicyclic) bond motifs is 3. The minimum atomic E-state index is -4.43. The Balaban J connectivity index is 1.55. The highest BCUT2D eigenvalue weighted by Gasteiger charge is 2.43. The first-order valence-electron chi connectivity index (χ1n) is 12.1. The van der Waals surface area contributed by atoms with Crippen molar-refractivity contribution in [2.75, 3.05) is 11.9 Å². The topological polar surface area (TPSA) is 59.6 Å². The van der Waals surface area contributed by atoms with Gasteiger partial charge in [0.1, 0.15) is 11.6 Å². The van der Waals surface area contributed by atoms with Crippen LogP contribution in [0.3, 0.4) is 0 Å². The van der Waals surface area contributed by atoms with E-state index in [1.807, 2.05) is 51.1 Å². The van der Waals surface area contributed by atoms with Crippen molar-refractivity contribution in [1.29, 1.82) is 0 Å². The van der Waals surface area contributed by atoms with E-state index >= 15 is 0 Å². The number of nitrogens with one attached hydrogen (secondary N) is 2. The second-order valence-corrected chi connectivity index (χ2v) is 10.4. The van der Waals surface area contributed by atoms with Crippen LogP contribution in [0.1, 0.15) is 69.4 Å². The van der Waals surface area contributed by atoms with Gasteiger partial charge in [-0.3, -0.25) is 4.79 Å². The molecule has 4 rings (SSSR count). The molecular formula is C27H33F3N2O3.